The number of pyridine rings is 2. The Morgan fingerprint density at radius 2 is 0.648 bits per heavy atom. The van der Waals surface area contributed by atoms with Crippen molar-refractivity contribution in [3.63, 3.8) is 0 Å². The Balaban J connectivity index is -0.000000199. The Hall–Kier alpha value is -5.47. The van der Waals surface area contributed by atoms with Gasteiger partial charge in [-0.05, 0) is 63.1 Å². The van der Waals surface area contributed by atoms with Gasteiger partial charge in [0.2, 0.25) is 0 Å². The predicted octanol–water partition coefficient (Wildman–Crippen LogP) is 2.53. The smallest absolute Gasteiger partial charge is 0.876 e. The van der Waals surface area contributed by atoms with Crippen LogP contribution in [-0.2, 0) is 33.0 Å². The van der Waals surface area contributed by atoms with Gasteiger partial charge in [0.05, 0.1) is 36.4 Å². The van der Waals surface area contributed by atoms with Crippen LogP contribution in [0.4, 0.5) is 0 Å². The molecular formula is C34H44N8Ni2O10. The summed E-state index contributed by atoms with van der Waals surface area (Å²) in [4.78, 5) is 41.0. The number of allylic oxidation sites excluding steroid dienone is 8. The quantitative estimate of drug-likeness (QED) is 0.0787. The third-order valence-electron chi connectivity index (χ3n) is 4.99. The third-order valence-corrected chi connectivity index (χ3v) is 4.99. The molecule has 0 saturated carbocycles. The fourth-order valence-corrected chi connectivity index (χ4v) is 3.35. The molecule has 2 rings (SSSR count). The second-order valence-corrected chi connectivity index (χ2v) is 10.0. The maximum absolute atomic E-state index is 10.7. The third kappa shape index (κ3) is 48.6. The van der Waals surface area contributed by atoms with E-state index in [1.165, 1.54) is 63.1 Å². The minimum Gasteiger partial charge on any atom is -0.876 e. The van der Waals surface area contributed by atoms with Crippen molar-refractivity contribution in [3.8, 4) is 11.1 Å². The van der Waals surface area contributed by atoms with Crippen molar-refractivity contribution in [3.05, 3.63) is 127 Å². The second-order valence-electron chi connectivity index (χ2n) is 10.0. The fourth-order valence-electron chi connectivity index (χ4n) is 3.35. The van der Waals surface area contributed by atoms with E-state index in [1.807, 2.05) is 24.3 Å². The number of aromatic nitrogens is 2. The van der Waals surface area contributed by atoms with E-state index in [0.717, 1.165) is 0 Å². The average Bonchev–Trinajstić information content (AvgIpc) is 3.01. The summed E-state index contributed by atoms with van der Waals surface area (Å²) in [5.74, 6) is -0.0339. The van der Waals surface area contributed by atoms with Crippen LogP contribution in [0.5, 0.6) is 0 Å². The van der Waals surface area contributed by atoms with Gasteiger partial charge in [0, 0.05) is 47.6 Å². The monoisotopic (exact) mass is 840 g/mol. The van der Waals surface area contributed by atoms with E-state index in [1.54, 1.807) is 52.5 Å². The Morgan fingerprint density at radius 3 is 0.796 bits per heavy atom. The molecule has 0 N–H and O–H groups in total. The van der Waals surface area contributed by atoms with Gasteiger partial charge in [0.1, 0.15) is 0 Å². The van der Waals surface area contributed by atoms with Gasteiger partial charge >= 0.3 is 33.0 Å². The first-order valence-corrected chi connectivity index (χ1v) is 15.2. The van der Waals surface area contributed by atoms with Crippen molar-refractivity contribution in [2.24, 2.45) is 20.0 Å². The summed E-state index contributed by atoms with van der Waals surface area (Å²) in [5.41, 5.74) is 5.17. The van der Waals surface area contributed by atoms with Crippen molar-refractivity contribution in [2.75, 3.05) is 26.2 Å². The molecule has 0 aliphatic heterocycles. The SMILES string of the molecule is CC(/C=C(/C)[O-])=NCCN=C(C)/C=C(/C)[O-].CC(/C=C(/C)[O-])=NCCN=C(C)/C=C(/C)[O-].O=[N+]([O-])[O-].O=[N+]([O-])[O-].[Ni+3].[Ni+3].c1cc(-c2ccncc2)ccn1. The molecule has 2 radical (unpaired) electrons. The van der Waals surface area contributed by atoms with Crippen LogP contribution in [0, 0.1) is 30.6 Å². The van der Waals surface area contributed by atoms with Gasteiger partial charge in [-0.1, -0.05) is 52.0 Å². The number of hydrogen-bond donors (Lipinski definition) is 0. The van der Waals surface area contributed by atoms with Crippen LogP contribution in [0.1, 0.15) is 55.4 Å². The average molecular weight is 842 g/mol. The zero-order chi connectivity index (χ0) is 40.5. The molecule has 0 fully saturated rings. The predicted molar refractivity (Wildman–Crippen MR) is 195 cm³/mol. The Bertz CT molecular complexity index is 1370. The summed E-state index contributed by atoms with van der Waals surface area (Å²) in [6.07, 6.45) is 13.1. The topological polar surface area (TPSA) is 300 Å². The maximum Gasteiger partial charge on any atom is 3.00 e. The molecule has 0 aliphatic rings. The number of hydrogen-bond acceptors (Lipinski definition) is 16. The van der Waals surface area contributed by atoms with E-state index in [2.05, 4.69) is 29.9 Å². The van der Waals surface area contributed by atoms with E-state index >= 15 is 0 Å². The van der Waals surface area contributed by atoms with Gasteiger partial charge in [-0.15, -0.1) is 23.0 Å². The summed E-state index contributed by atoms with van der Waals surface area (Å²) in [6, 6.07) is 7.93. The van der Waals surface area contributed by atoms with Crippen LogP contribution in [0.15, 0.2) is 116 Å². The zero-order valence-corrected chi connectivity index (χ0v) is 33.0. The van der Waals surface area contributed by atoms with Crippen LogP contribution in [0.3, 0.4) is 0 Å². The maximum atomic E-state index is 10.7. The van der Waals surface area contributed by atoms with E-state index in [4.69, 9.17) is 30.6 Å². The van der Waals surface area contributed by atoms with Gasteiger partial charge in [-0.2, -0.15) is 0 Å². The first kappa shape index (κ1) is 57.9. The molecule has 0 spiro atoms. The first-order chi connectivity index (χ1) is 24.3. The van der Waals surface area contributed by atoms with E-state index < -0.39 is 10.2 Å². The van der Waals surface area contributed by atoms with Crippen LogP contribution in [0.25, 0.3) is 11.1 Å². The Labute approximate surface area is 335 Å². The van der Waals surface area contributed by atoms with Crippen molar-refractivity contribution in [1.82, 2.24) is 9.97 Å². The Kier molecular flexibility index (Phi) is 40.0. The number of rotatable bonds is 11. The van der Waals surface area contributed by atoms with E-state index in [-0.39, 0.29) is 56.0 Å². The van der Waals surface area contributed by atoms with Crippen LogP contribution in [-0.4, -0.2) is 69.2 Å². The molecule has 2 aromatic heterocycles. The molecule has 0 aliphatic carbocycles. The van der Waals surface area contributed by atoms with Crippen LogP contribution >= 0.6 is 0 Å². The minimum absolute atomic E-state index is 0. The standard InChI is InChI=1S/2C12H20N2O2.C10H8N2.2NO3.2Ni/c2*1-9(7-11(3)15)13-5-6-14-10(2)8-12(4)16;1-5-11-6-2-9(1)10-3-7-12-8-4-10;2*2-1(3)4;;/h2*7-8,15-16H,5-6H2,1-4H3;1-8H;;;;/q;;;2*-1;2*+3/p-4/b2*11-7-,12-8-,13-9?,14-10?;;;;;. The molecule has 0 amide bonds. The first-order valence-electron chi connectivity index (χ1n) is 15.2. The summed E-state index contributed by atoms with van der Waals surface area (Å²) >= 11 is 0. The molecule has 2 heterocycles. The molecule has 2 aromatic rings. The minimum atomic E-state index is -1.75. The Morgan fingerprint density at radius 1 is 0.481 bits per heavy atom. The summed E-state index contributed by atoms with van der Waals surface area (Å²) in [5, 5.41) is 72.3. The fraction of sp³-hybridized carbons (Fsp3) is 0.353. The summed E-state index contributed by atoms with van der Waals surface area (Å²) in [6.45, 7) is 15.2. The molecule has 0 atom stereocenters. The summed E-state index contributed by atoms with van der Waals surface area (Å²) in [7, 11) is 0. The molecule has 20 heteroatoms. The van der Waals surface area contributed by atoms with Gasteiger partial charge in [-0.25, -0.2) is 0 Å². The number of aliphatic imine (C=N–C) groups is 4. The van der Waals surface area contributed by atoms with Gasteiger partial charge in [0.25, 0.3) is 0 Å². The largest absolute Gasteiger partial charge is 3.00 e. The normalized spacial score (nSPS) is 12.2. The van der Waals surface area contributed by atoms with Gasteiger partial charge in [0.15, 0.2) is 0 Å². The van der Waals surface area contributed by atoms with Gasteiger partial charge in [-0.3, -0.25) is 29.9 Å². The van der Waals surface area contributed by atoms with Crippen LogP contribution in [0.2, 0.25) is 0 Å². The summed E-state index contributed by atoms with van der Waals surface area (Å²) < 4.78 is 0. The molecule has 54 heavy (non-hydrogen) atoms. The van der Waals surface area contributed by atoms with Crippen molar-refractivity contribution >= 4 is 22.8 Å². The molecule has 0 bridgehead atoms. The van der Waals surface area contributed by atoms with Crippen molar-refractivity contribution in [1.29, 1.82) is 0 Å². The van der Waals surface area contributed by atoms with E-state index in [0.29, 0.717) is 49.0 Å². The molecule has 0 unspecified atom stereocenters. The van der Waals surface area contributed by atoms with Crippen LogP contribution < -0.4 is 20.4 Å². The second kappa shape index (κ2) is 37.3. The molecular weight excluding hydrogens is 798 g/mol. The molecule has 300 valence electrons. The van der Waals surface area contributed by atoms with Crippen molar-refractivity contribution < 1.29 is 63.6 Å². The molecule has 0 aromatic carbocycles. The zero-order valence-electron chi connectivity index (χ0n) is 31.0. The van der Waals surface area contributed by atoms with Crippen molar-refractivity contribution in [2.45, 2.75) is 55.4 Å². The molecule has 0 saturated heterocycles. The number of nitrogens with zero attached hydrogens (tertiary/aromatic N) is 8. The molecule has 18 nitrogen and oxygen atoms in total. The van der Waals surface area contributed by atoms with Gasteiger partial charge < -0.3 is 51.1 Å². The van der Waals surface area contributed by atoms with E-state index in [9.17, 15) is 20.4 Å².